The van der Waals surface area contributed by atoms with Crippen LogP contribution >= 0.6 is 11.3 Å². The van der Waals surface area contributed by atoms with Crippen molar-refractivity contribution in [2.75, 3.05) is 19.7 Å². The van der Waals surface area contributed by atoms with Gasteiger partial charge in [0.15, 0.2) is 6.61 Å². The third-order valence-electron chi connectivity index (χ3n) is 5.39. The highest BCUT2D eigenvalue weighted by Crippen LogP contribution is 2.32. The van der Waals surface area contributed by atoms with Crippen molar-refractivity contribution >= 4 is 33.4 Å². The van der Waals surface area contributed by atoms with E-state index in [1.54, 1.807) is 16.2 Å². The number of nitrogens with zero attached hydrogens (tertiary/aromatic N) is 2. The molecule has 2 aromatic carbocycles. The van der Waals surface area contributed by atoms with Crippen LogP contribution in [0.25, 0.3) is 10.2 Å². The Bertz CT molecular complexity index is 997. The summed E-state index contributed by atoms with van der Waals surface area (Å²) in [5.74, 6) is -0.255. The molecule has 0 unspecified atom stereocenters. The van der Waals surface area contributed by atoms with E-state index in [-0.39, 0.29) is 30.8 Å². The topological polar surface area (TPSA) is 59.5 Å². The number of para-hydroxylation sites is 1. The molecule has 1 amide bonds. The molecule has 1 saturated heterocycles. The standard InChI is InChI=1S/C23H24N2O3S/c1-16-7-2-3-8-17(16)13-22(27)28-15-21(26)25-12-6-9-18(14-25)23-24-19-10-4-5-11-20(19)29-23/h2-5,7-8,10-11,18H,6,9,12-15H2,1H3/t18-/m1/s1. The van der Waals surface area contributed by atoms with E-state index in [2.05, 4.69) is 6.07 Å². The van der Waals surface area contributed by atoms with Gasteiger partial charge in [0, 0.05) is 19.0 Å². The first-order chi connectivity index (χ1) is 14.1. The highest BCUT2D eigenvalue weighted by molar-refractivity contribution is 7.18. The quantitative estimate of drug-likeness (QED) is 0.597. The van der Waals surface area contributed by atoms with Gasteiger partial charge in [-0.05, 0) is 43.0 Å². The molecule has 1 fully saturated rings. The molecule has 1 atom stereocenters. The molecule has 29 heavy (non-hydrogen) atoms. The van der Waals surface area contributed by atoms with Crippen molar-refractivity contribution < 1.29 is 14.3 Å². The molecule has 1 aliphatic heterocycles. The second-order valence-corrected chi connectivity index (χ2v) is 8.52. The molecule has 0 spiro atoms. The summed E-state index contributed by atoms with van der Waals surface area (Å²) < 4.78 is 6.44. The predicted molar refractivity (Wildman–Crippen MR) is 114 cm³/mol. The third-order valence-corrected chi connectivity index (χ3v) is 6.59. The van der Waals surface area contributed by atoms with Crippen LogP contribution in [0.15, 0.2) is 48.5 Å². The van der Waals surface area contributed by atoms with Gasteiger partial charge >= 0.3 is 5.97 Å². The van der Waals surface area contributed by atoms with Crippen molar-refractivity contribution in [2.24, 2.45) is 0 Å². The number of fused-ring (bicyclic) bond motifs is 1. The Labute approximate surface area is 174 Å². The molecule has 0 bridgehead atoms. The van der Waals surface area contributed by atoms with E-state index in [0.29, 0.717) is 13.1 Å². The van der Waals surface area contributed by atoms with E-state index >= 15 is 0 Å². The molecule has 1 aromatic heterocycles. The van der Waals surface area contributed by atoms with Crippen molar-refractivity contribution in [3.8, 4) is 0 Å². The van der Waals surface area contributed by atoms with Crippen molar-refractivity contribution in [3.05, 3.63) is 64.7 Å². The molecule has 0 saturated carbocycles. The molecule has 150 valence electrons. The van der Waals surface area contributed by atoms with Crippen LogP contribution in [0, 0.1) is 6.92 Å². The van der Waals surface area contributed by atoms with Crippen LogP contribution in [-0.2, 0) is 20.7 Å². The molecule has 1 aliphatic rings. The summed E-state index contributed by atoms with van der Waals surface area (Å²) in [6.07, 6.45) is 2.15. The number of ether oxygens (including phenoxy) is 1. The first-order valence-corrected chi connectivity index (χ1v) is 10.7. The monoisotopic (exact) mass is 408 g/mol. The second-order valence-electron chi connectivity index (χ2n) is 7.46. The number of carbonyl (C=O) groups excluding carboxylic acids is 2. The van der Waals surface area contributed by atoms with E-state index in [1.807, 2.05) is 49.4 Å². The number of aryl methyl sites for hydroxylation is 1. The largest absolute Gasteiger partial charge is 0.455 e. The maximum atomic E-state index is 12.6. The highest BCUT2D eigenvalue weighted by atomic mass is 32.1. The van der Waals surface area contributed by atoms with Gasteiger partial charge in [0.05, 0.1) is 21.6 Å². The minimum absolute atomic E-state index is 0.131. The summed E-state index contributed by atoms with van der Waals surface area (Å²) in [7, 11) is 0. The zero-order chi connectivity index (χ0) is 20.2. The number of likely N-dealkylation sites (tertiary alicyclic amines) is 1. The number of hydrogen-bond acceptors (Lipinski definition) is 5. The van der Waals surface area contributed by atoms with Crippen LogP contribution in [0.5, 0.6) is 0 Å². The summed E-state index contributed by atoms with van der Waals surface area (Å²) in [4.78, 5) is 31.3. The lowest BCUT2D eigenvalue weighted by Gasteiger charge is -2.31. The fraction of sp³-hybridized carbons (Fsp3) is 0.348. The Balaban J connectivity index is 1.32. The molecule has 2 heterocycles. The van der Waals surface area contributed by atoms with Gasteiger partial charge in [0.2, 0.25) is 0 Å². The second kappa shape index (κ2) is 8.74. The number of piperidine rings is 1. The fourth-order valence-electron chi connectivity index (χ4n) is 3.72. The number of benzene rings is 2. The van der Waals surface area contributed by atoms with Gasteiger partial charge in [-0.3, -0.25) is 9.59 Å². The minimum Gasteiger partial charge on any atom is -0.455 e. The van der Waals surface area contributed by atoms with Crippen LogP contribution in [0.2, 0.25) is 0 Å². The van der Waals surface area contributed by atoms with Crippen LogP contribution < -0.4 is 0 Å². The summed E-state index contributed by atoms with van der Waals surface area (Å²) in [5, 5.41) is 1.08. The number of carbonyl (C=O) groups is 2. The number of amides is 1. The Morgan fingerprint density at radius 2 is 1.97 bits per heavy atom. The van der Waals surface area contributed by atoms with Crippen molar-refractivity contribution in [3.63, 3.8) is 0 Å². The average molecular weight is 409 g/mol. The van der Waals surface area contributed by atoms with Gasteiger partial charge in [0.1, 0.15) is 0 Å². The molecule has 6 heteroatoms. The molecular formula is C23H24N2O3S. The van der Waals surface area contributed by atoms with Gasteiger partial charge < -0.3 is 9.64 Å². The number of esters is 1. The molecule has 4 rings (SSSR count). The number of thiazole rings is 1. The maximum absolute atomic E-state index is 12.6. The van der Waals surface area contributed by atoms with Crippen molar-refractivity contribution in [2.45, 2.75) is 32.1 Å². The van der Waals surface area contributed by atoms with Crippen molar-refractivity contribution in [1.82, 2.24) is 9.88 Å². The summed E-state index contributed by atoms with van der Waals surface area (Å²) in [6, 6.07) is 15.8. The molecule has 5 nitrogen and oxygen atoms in total. The fourth-order valence-corrected chi connectivity index (χ4v) is 4.81. The van der Waals surface area contributed by atoms with Crippen molar-refractivity contribution in [1.29, 1.82) is 0 Å². The zero-order valence-corrected chi connectivity index (χ0v) is 17.3. The average Bonchev–Trinajstić information content (AvgIpc) is 3.18. The maximum Gasteiger partial charge on any atom is 0.310 e. The zero-order valence-electron chi connectivity index (χ0n) is 16.5. The lowest BCUT2D eigenvalue weighted by molar-refractivity contribution is -0.152. The summed E-state index contributed by atoms with van der Waals surface area (Å²) >= 11 is 1.70. The van der Waals surface area contributed by atoms with E-state index in [1.165, 1.54) is 4.70 Å². The Morgan fingerprint density at radius 3 is 2.79 bits per heavy atom. The van der Waals surface area contributed by atoms with Gasteiger partial charge in [-0.2, -0.15) is 0 Å². The predicted octanol–water partition coefficient (Wildman–Crippen LogP) is 4.10. The molecule has 3 aromatic rings. The minimum atomic E-state index is -0.368. The van der Waals surface area contributed by atoms with Crippen LogP contribution in [0.1, 0.15) is 34.9 Å². The van der Waals surface area contributed by atoms with E-state index in [0.717, 1.165) is 34.5 Å². The van der Waals surface area contributed by atoms with Gasteiger partial charge in [0.25, 0.3) is 5.91 Å². The van der Waals surface area contributed by atoms with Gasteiger partial charge in [-0.15, -0.1) is 11.3 Å². The molecule has 0 radical (unpaired) electrons. The third kappa shape index (κ3) is 4.65. The number of rotatable bonds is 5. The van der Waals surface area contributed by atoms with E-state index in [4.69, 9.17) is 9.72 Å². The molecular weight excluding hydrogens is 384 g/mol. The molecule has 0 N–H and O–H groups in total. The van der Waals surface area contributed by atoms with Crippen LogP contribution in [0.4, 0.5) is 0 Å². The van der Waals surface area contributed by atoms with E-state index < -0.39 is 0 Å². The smallest absolute Gasteiger partial charge is 0.310 e. The van der Waals surface area contributed by atoms with E-state index in [9.17, 15) is 9.59 Å². The lowest BCUT2D eigenvalue weighted by atomic mass is 9.99. The van der Waals surface area contributed by atoms with Crippen LogP contribution in [-0.4, -0.2) is 41.5 Å². The lowest BCUT2D eigenvalue weighted by Crippen LogP contribution is -2.41. The Morgan fingerprint density at radius 1 is 1.17 bits per heavy atom. The number of hydrogen-bond donors (Lipinski definition) is 0. The molecule has 0 aliphatic carbocycles. The first-order valence-electron chi connectivity index (χ1n) is 9.93. The van der Waals surface area contributed by atoms with Crippen LogP contribution in [0.3, 0.4) is 0 Å². The summed E-state index contributed by atoms with van der Waals surface area (Å²) in [6.45, 7) is 3.10. The summed E-state index contributed by atoms with van der Waals surface area (Å²) in [5.41, 5.74) is 2.99. The van der Waals surface area contributed by atoms with Gasteiger partial charge in [-0.1, -0.05) is 36.4 Å². The number of aromatic nitrogens is 1. The Kier molecular flexibility index (Phi) is 5.90. The first kappa shape index (κ1) is 19.6. The Hall–Kier alpha value is -2.73. The normalized spacial score (nSPS) is 16.7. The highest BCUT2D eigenvalue weighted by Gasteiger charge is 2.27. The SMILES string of the molecule is Cc1ccccc1CC(=O)OCC(=O)N1CCC[C@@H](c2nc3ccccc3s2)C1. The van der Waals surface area contributed by atoms with Gasteiger partial charge in [-0.25, -0.2) is 4.98 Å².